The Balaban J connectivity index is 0.00000180. The number of amides is 2. The number of primary amides is 1. The molecule has 6 heteroatoms. The van der Waals surface area contributed by atoms with Gasteiger partial charge < -0.3 is 16.4 Å². The summed E-state index contributed by atoms with van der Waals surface area (Å²) in [5.41, 5.74) is 6.22. The monoisotopic (exact) mass is 283 g/mol. The topological polar surface area (TPSA) is 84.2 Å². The van der Waals surface area contributed by atoms with Gasteiger partial charge in [-0.3, -0.25) is 9.59 Å². The first-order valence-electron chi connectivity index (χ1n) is 6.05. The Labute approximate surface area is 118 Å². The van der Waals surface area contributed by atoms with Crippen LogP contribution in [0.15, 0.2) is 24.3 Å². The second-order valence-electron chi connectivity index (χ2n) is 4.56. The van der Waals surface area contributed by atoms with Gasteiger partial charge in [-0.05, 0) is 49.6 Å². The van der Waals surface area contributed by atoms with Crippen molar-refractivity contribution in [1.82, 2.24) is 5.32 Å². The molecule has 0 spiro atoms. The molecule has 19 heavy (non-hydrogen) atoms. The van der Waals surface area contributed by atoms with Crippen LogP contribution in [0.4, 0.5) is 5.69 Å². The third-order valence-electron chi connectivity index (χ3n) is 2.87. The highest BCUT2D eigenvalue weighted by atomic mass is 35.5. The summed E-state index contributed by atoms with van der Waals surface area (Å²) in [7, 11) is 0. The summed E-state index contributed by atoms with van der Waals surface area (Å²) < 4.78 is 0. The summed E-state index contributed by atoms with van der Waals surface area (Å²) in [6.07, 6.45) is 2.53. The molecule has 0 bridgehead atoms. The van der Waals surface area contributed by atoms with Crippen LogP contribution in [0.25, 0.3) is 0 Å². The Morgan fingerprint density at radius 2 is 1.84 bits per heavy atom. The quantitative estimate of drug-likeness (QED) is 0.732. The minimum atomic E-state index is -0.473. The van der Waals surface area contributed by atoms with Crippen molar-refractivity contribution in [2.24, 2.45) is 11.7 Å². The number of rotatable bonds is 6. The second-order valence-corrected chi connectivity index (χ2v) is 4.56. The first-order valence-corrected chi connectivity index (χ1v) is 6.05. The lowest BCUT2D eigenvalue weighted by molar-refractivity contribution is -0.115. The second kappa shape index (κ2) is 7.11. The molecule has 2 rings (SSSR count). The van der Waals surface area contributed by atoms with Gasteiger partial charge >= 0.3 is 0 Å². The molecule has 1 aromatic carbocycles. The standard InChI is InChI=1S/C13H17N3O2.ClH/c14-13(18)10-3-5-11(6-4-10)16-12(17)8-15-7-9-1-2-9;/h3-6,9,15H,1-2,7-8H2,(H2,14,18)(H,16,17);1H. The van der Waals surface area contributed by atoms with Gasteiger partial charge in [0.2, 0.25) is 11.8 Å². The largest absolute Gasteiger partial charge is 0.366 e. The van der Waals surface area contributed by atoms with Crippen molar-refractivity contribution < 1.29 is 9.59 Å². The van der Waals surface area contributed by atoms with E-state index in [4.69, 9.17) is 5.73 Å². The van der Waals surface area contributed by atoms with Gasteiger partial charge in [-0.25, -0.2) is 0 Å². The van der Waals surface area contributed by atoms with E-state index in [1.54, 1.807) is 24.3 Å². The molecule has 0 aromatic heterocycles. The van der Waals surface area contributed by atoms with Crippen molar-refractivity contribution in [3.8, 4) is 0 Å². The maximum Gasteiger partial charge on any atom is 0.248 e. The van der Waals surface area contributed by atoms with E-state index in [0.717, 1.165) is 12.5 Å². The Kier molecular flexibility index (Phi) is 5.79. The maximum absolute atomic E-state index is 11.6. The van der Waals surface area contributed by atoms with E-state index in [1.807, 2.05) is 0 Å². The molecule has 1 fully saturated rings. The van der Waals surface area contributed by atoms with E-state index in [2.05, 4.69) is 10.6 Å². The van der Waals surface area contributed by atoms with Crippen molar-refractivity contribution in [2.75, 3.05) is 18.4 Å². The summed E-state index contributed by atoms with van der Waals surface area (Å²) in [6, 6.07) is 6.52. The van der Waals surface area contributed by atoms with E-state index in [0.29, 0.717) is 17.8 Å². The molecule has 0 unspecified atom stereocenters. The molecule has 104 valence electrons. The van der Waals surface area contributed by atoms with Gasteiger partial charge in [0, 0.05) is 11.3 Å². The minimum absolute atomic E-state index is 0. The third-order valence-corrected chi connectivity index (χ3v) is 2.87. The molecule has 1 aliphatic carbocycles. The number of nitrogens with one attached hydrogen (secondary N) is 2. The summed E-state index contributed by atoms with van der Waals surface area (Å²) in [4.78, 5) is 22.4. The average molecular weight is 284 g/mol. The summed E-state index contributed by atoms with van der Waals surface area (Å²) >= 11 is 0. The lowest BCUT2D eigenvalue weighted by Crippen LogP contribution is -2.29. The van der Waals surface area contributed by atoms with E-state index < -0.39 is 5.91 Å². The Bertz CT molecular complexity index is 444. The zero-order valence-corrected chi connectivity index (χ0v) is 11.3. The average Bonchev–Trinajstić information content (AvgIpc) is 3.13. The number of anilines is 1. The molecular formula is C13H18ClN3O2. The number of halogens is 1. The molecule has 0 aliphatic heterocycles. The number of hydrogen-bond acceptors (Lipinski definition) is 3. The van der Waals surface area contributed by atoms with Crippen LogP contribution >= 0.6 is 12.4 Å². The molecule has 0 atom stereocenters. The molecule has 0 radical (unpaired) electrons. The van der Waals surface area contributed by atoms with E-state index in [1.165, 1.54) is 12.8 Å². The first-order chi connectivity index (χ1) is 8.65. The number of hydrogen-bond donors (Lipinski definition) is 3. The Morgan fingerprint density at radius 3 is 2.37 bits per heavy atom. The molecule has 0 heterocycles. The molecule has 0 saturated heterocycles. The van der Waals surface area contributed by atoms with Crippen molar-refractivity contribution in [2.45, 2.75) is 12.8 Å². The van der Waals surface area contributed by atoms with E-state index in [-0.39, 0.29) is 18.3 Å². The molecular weight excluding hydrogens is 266 g/mol. The Hall–Kier alpha value is -1.59. The fourth-order valence-corrected chi connectivity index (χ4v) is 1.63. The number of benzene rings is 1. The van der Waals surface area contributed by atoms with Crippen molar-refractivity contribution >= 4 is 29.9 Å². The molecule has 4 N–H and O–H groups in total. The van der Waals surface area contributed by atoms with Gasteiger partial charge in [0.25, 0.3) is 0 Å². The lowest BCUT2D eigenvalue weighted by Gasteiger charge is -2.06. The summed E-state index contributed by atoms with van der Waals surface area (Å²) in [6.45, 7) is 1.22. The highest BCUT2D eigenvalue weighted by molar-refractivity contribution is 5.95. The van der Waals surface area contributed by atoms with E-state index in [9.17, 15) is 9.59 Å². The first kappa shape index (κ1) is 15.5. The normalized spacial score (nSPS) is 13.5. The molecule has 2 amide bonds. The van der Waals surface area contributed by atoms with Crippen LogP contribution in [0.3, 0.4) is 0 Å². The van der Waals surface area contributed by atoms with Gasteiger partial charge in [-0.2, -0.15) is 0 Å². The third kappa shape index (κ3) is 5.28. The zero-order chi connectivity index (χ0) is 13.0. The summed E-state index contributed by atoms with van der Waals surface area (Å²) in [5.74, 6) is 0.203. The SMILES string of the molecule is Cl.NC(=O)c1ccc(NC(=O)CNCC2CC2)cc1. The van der Waals surface area contributed by atoms with Gasteiger partial charge in [-0.15, -0.1) is 12.4 Å². The smallest absolute Gasteiger partial charge is 0.248 e. The molecule has 1 aliphatic rings. The van der Waals surface area contributed by atoms with Crippen molar-refractivity contribution in [3.63, 3.8) is 0 Å². The van der Waals surface area contributed by atoms with Gasteiger partial charge in [0.15, 0.2) is 0 Å². The minimum Gasteiger partial charge on any atom is -0.366 e. The zero-order valence-electron chi connectivity index (χ0n) is 10.5. The number of carbonyl (C=O) groups excluding carboxylic acids is 2. The number of nitrogens with two attached hydrogens (primary N) is 1. The molecule has 5 nitrogen and oxygen atoms in total. The lowest BCUT2D eigenvalue weighted by atomic mass is 10.2. The van der Waals surface area contributed by atoms with Gasteiger partial charge in [0.1, 0.15) is 0 Å². The molecule has 1 aromatic rings. The van der Waals surface area contributed by atoms with Crippen LogP contribution in [0.1, 0.15) is 23.2 Å². The summed E-state index contributed by atoms with van der Waals surface area (Å²) in [5, 5.41) is 5.86. The van der Waals surface area contributed by atoms with Gasteiger partial charge in [0.05, 0.1) is 6.54 Å². The van der Waals surface area contributed by atoms with Crippen LogP contribution in [-0.2, 0) is 4.79 Å². The van der Waals surface area contributed by atoms with Crippen molar-refractivity contribution in [3.05, 3.63) is 29.8 Å². The van der Waals surface area contributed by atoms with Crippen molar-refractivity contribution in [1.29, 1.82) is 0 Å². The Morgan fingerprint density at radius 1 is 1.21 bits per heavy atom. The number of carbonyl (C=O) groups is 2. The van der Waals surface area contributed by atoms with E-state index >= 15 is 0 Å². The van der Waals surface area contributed by atoms with Gasteiger partial charge in [-0.1, -0.05) is 0 Å². The van der Waals surface area contributed by atoms with Crippen LogP contribution in [0.5, 0.6) is 0 Å². The highest BCUT2D eigenvalue weighted by Crippen LogP contribution is 2.27. The van der Waals surface area contributed by atoms with Crippen LogP contribution in [0, 0.1) is 5.92 Å². The van der Waals surface area contributed by atoms with Crippen LogP contribution in [0.2, 0.25) is 0 Å². The highest BCUT2D eigenvalue weighted by Gasteiger charge is 2.20. The fraction of sp³-hybridized carbons (Fsp3) is 0.385. The maximum atomic E-state index is 11.6. The van der Waals surface area contributed by atoms with Crippen LogP contribution in [-0.4, -0.2) is 24.9 Å². The molecule has 1 saturated carbocycles. The predicted molar refractivity (Wildman–Crippen MR) is 76.4 cm³/mol. The fourth-order valence-electron chi connectivity index (χ4n) is 1.63. The predicted octanol–water partition coefficient (Wildman–Crippen LogP) is 1.15. The van der Waals surface area contributed by atoms with Crippen LogP contribution < -0.4 is 16.4 Å².